The van der Waals surface area contributed by atoms with Crippen molar-refractivity contribution in [1.29, 1.82) is 0 Å². The van der Waals surface area contributed by atoms with Crippen LogP contribution in [0.4, 0.5) is 0 Å². The molecule has 5 nitrogen and oxygen atoms in total. The summed E-state index contributed by atoms with van der Waals surface area (Å²) in [6, 6.07) is 10.2. The molecule has 3 aromatic rings. The van der Waals surface area contributed by atoms with Gasteiger partial charge in [-0.2, -0.15) is 0 Å². The van der Waals surface area contributed by atoms with E-state index in [1.54, 1.807) is 41.0 Å². The van der Waals surface area contributed by atoms with Crippen LogP contribution < -0.4 is 5.73 Å². The quantitative estimate of drug-likeness (QED) is 0.735. The lowest BCUT2D eigenvalue weighted by Crippen LogP contribution is -2.18. The van der Waals surface area contributed by atoms with Crippen LogP contribution in [0.25, 0.3) is 11.0 Å². The maximum atomic E-state index is 11.7. The molecule has 0 aliphatic heterocycles. The third kappa shape index (κ3) is 2.93. The zero-order valence-electron chi connectivity index (χ0n) is 11.8. The summed E-state index contributed by atoms with van der Waals surface area (Å²) >= 11 is 11.9. The molecule has 7 heteroatoms. The maximum absolute atomic E-state index is 11.7. The van der Waals surface area contributed by atoms with Crippen LogP contribution in [-0.4, -0.2) is 21.7 Å². The summed E-state index contributed by atoms with van der Waals surface area (Å²) < 4.78 is 1.66. The molecule has 0 unspecified atom stereocenters. The number of benzene rings is 2. The zero-order valence-corrected chi connectivity index (χ0v) is 13.3. The van der Waals surface area contributed by atoms with E-state index in [-0.39, 0.29) is 5.82 Å². The van der Waals surface area contributed by atoms with Crippen molar-refractivity contribution in [2.45, 2.75) is 6.54 Å². The predicted molar refractivity (Wildman–Crippen MR) is 89.2 cm³/mol. The molecule has 23 heavy (non-hydrogen) atoms. The van der Waals surface area contributed by atoms with E-state index >= 15 is 0 Å². The molecule has 0 atom stereocenters. The van der Waals surface area contributed by atoms with E-state index in [0.29, 0.717) is 33.2 Å². The molecular formula is C16H11Cl2N3O2. The number of rotatable bonds is 4. The number of aldehydes is 1. The second-order valence-electron chi connectivity index (χ2n) is 5.00. The Bertz CT molecular complexity index is 934. The van der Waals surface area contributed by atoms with Crippen LogP contribution in [0.5, 0.6) is 0 Å². The minimum atomic E-state index is -0.645. The Hall–Kier alpha value is -2.37. The van der Waals surface area contributed by atoms with Crippen molar-refractivity contribution in [2.24, 2.45) is 5.73 Å². The number of imidazole rings is 1. The number of nitrogens with two attached hydrogens (primary N) is 1. The van der Waals surface area contributed by atoms with Gasteiger partial charge in [0, 0.05) is 12.1 Å². The summed E-state index contributed by atoms with van der Waals surface area (Å²) in [5.74, 6) is -0.525. The number of aromatic nitrogens is 2. The lowest BCUT2D eigenvalue weighted by atomic mass is 10.2. The van der Waals surface area contributed by atoms with Gasteiger partial charge in [0.25, 0.3) is 5.91 Å². The Kier molecular flexibility index (Phi) is 4.07. The second kappa shape index (κ2) is 6.02. The number of fused-ring (bicyclic) bond motifs is 1. The Labute approximate surface area is 141 Å². The van der Waals surface area contributed by atoms with Gasteiger partial charge in [-0.1, -0.05) is 29.3 Å². The number of halogens is 2. The van der Waals surface area contributed by atoms with Crippen molar-refractivity contribution in [2.75, 3.05) is 0 Å². The molecule has 0 aliphatic carbocycles. The second-order valence-corrected chi connectivity index (χ2v) is 5.81. The first kappa shape index (κ1) is 15.5. The Balaban J connectivity index is 2.16. The topological polar surface area (TPSA) is 78.0 Å². The van der Waals surface area contributed by atoms with Crippen molar-refractivity contribution in [3.8, 4) is 0 Å². The molecule has 2 aromatic carbocycles. The van der Waals surface area contributed by atoms with Crippen molar-refractivity contribution in [3.05, 3.63) is 63.4 Å². The molecule has 0 saturated heterocycles. The Morgan fingerprint density at radius 1 is 1.17 bits per heavy atom. The summed E-state index contributed by atoms with van der Waals surface area (Å²) in [7, 11) is 0. The molecule has 3 rings (SSSR count). The molecule has 2 N–H and O–H groups in total. The van der Waals surface area contributed by atoms with Crippen molar-refractivity contribution < 1.29 is 9.59 Å². The van der Waals surface area contributed by atoms with E-state index in [1.165, 1.54) is 0 Å². The zero-order chi connectivity index (χ0) is 16.6. The van der Waals surface area contributed by atoms with Crippen LogP contribution in [0.2, 0.25) is 10.0 Å². The fourth-order valence-electron chi connectivity index (χ4n) is 2.38. The van der Waals surface area contributed by atoms with Crippen molar-refractivity contribution in [1.82, 2.24) is 9.55 Å². The van der Waals surface area contributed by atoms with E-state index in [4.69, 9.17) is 28.9 Å². The average Bonchev–Trinajstić information content (AvgIpc) is 2.89. The predicted octanol–water partition coefficient (Wildman–Crippen LogP) is 3.30. The van der Waals surface area contributed by atoms with Crippen LogP contribution in [0.15, 0.2) is 36.4 Å². The van der Waals surface area contributed by atoms with Gasteiger partial charge in [-0.25, -0.2) is 4.98 Å². The number of primary amides is 1. The van der Waals surface area contributed by atoms with E-state index in [0.717, 1.165) is 11.8 Å². The molecule has 0 fully saturated rings. The van der Waals surface area contributed by atoms with Gasteiger partial charge in [0.15, 0.2) is 5.82 Å². The van der Waals surface area contributed by atoms with Gasteiger partial charge in [-0.15, -0.1) is 0 Å². The lowest BCUT2D eigenvalue weighted by molar-refractivity contribution is 0.0987. The number of hydrogen-bond donors (Lipinski definition) is 1. The third-order valence-corrected chi connectivity index (χ3v) is 4.19. The Morgan fingerprint density at radius 2 is 1.96 bits per heavy atom. The average molecular weight is 348 g/mol. The van der Waals surface area contributed by atoms with Crippen LogP contribution in [0.3, 0.4) is 0 Å². The van der Waals surface area contributed by atoms with Gasteiger partial charge < -0.3 is 10.3 Å². The fraction of sp³-hybridized carbons (Fsp3) is 0.0625. The largest absolute Gasteiger partial charge is 0.363 e. The summed E-state index contributed by atoms with van der Waals surface area (Å²) in [6.07, 6.45) is 0.736. The summed E-state index contributed by atoms with van der Waals surface area (Å²) in [5, 5.41) is 0.868. The first-order valence-electron chi connectivity index (χ1n) is 6.69. The number of amides is 1. The smallest absolute Gasteiger partial charge is 0.284 e. The summed E-state index contributed by atoms with van der Waals surface area (Å²) in [5.41, 5.74) is 7.97. The maximum Gasteiger partial charge on any atom is 0.284 e. The molecule has 0 spiro atoms. The number of hydrogen-bond acceptors (Lipinski definition) is 3. The van der Waals surface area contributed by atoms with Gasteiger partial charge >= 0.3 is 0 Å². The van der Waals surface area contributed by atoms with Crippen molar-refractivity contribution >= 4 is 46.4 Å². The number of carbonyl (C=O) groups excluding carboxylic acids is 2. The highest BCUT2D eigenvalue weighted by Gasteiger charge is 2.16. The first-order valence-corrected chi connectivity index (χ1v) is 7.44. The van der Waals surface area contributed by atoms with E-state index in [2.05, 4.69) is 4.98 Å². The minimum absolute atomic E-state index is 0.120. The highest BCUT2D eigenvalue weighted by atomic mass is 35.5. The highest BCUT2D eigenvalue weighted by Crippen LogP contribution is 2.25. The molecule has 0 aliphatic rings. The van der Waals surface area contributed by atoms with Crippen LogP contribution in [-0.2, 0) is 6.54 Å². The SMILES string of the molecule is NC(=O)c1nc2ccc(C=O)cc2n1Cc1ccc(Cl)c(Cl)c1. The molecule has 116 valence electrons. The van der Waals surface area contributed by atoms with Gasteiger partial charge in [-0.05, 0) is 35.9 Å². The van der Waals surface area contributed by atoms with Crippen molar-refractivity contribution in [3.63, 3.8) is 0 Å². The molecule has 0 bridgehead atoms. The minimum Gasteiger partial charge on any atom is -0.363 e. The first-order chi connectivity index (χ1) is 11.0. The van der Waals surface area contributed by atoms with Gasteiger partial charge in [-0.3, -0.25) is 9.59 Å². The lowest BCUT2D eigenvalue weighted by Gasteiger charge is -2.09. The molecule has 0 saturated carbocycles. The third-order valence-electron chi connectivity index (χ3n) is 3.45. The van der Waals surface area contributed by atoms with Crippen LogP contribution >= 0.6 is 23.2 Å². The van der Waals surface area contributed by atoms with Gasteiger partial charge in [0.05, 0.1) is 21.1 Å². The molecule has 1 aromatic heterocycles. The molecule has 1 amide bonds. The number of nitrogens with zero attached hydrogens (tertiary/aromatic N) is 2. The van der Waals surface area contributed by atoms with E-state index in [9.17, 15) is 9.59 Å². The molecule has 1 heterocycles. The van der Waals surface area contributed by atoms with E-state index in [1.807, 2.05) is 0 Å². The summed E-state index contributed by atoms with van der Waals surface area (Å²) in [6.45, 7) is 0.327. The monoisotopic (exact) mass is 347 g/mol. The van der Waals surface area contributed by atoms with Crippen LogP contribution in [0.1, 0.15) is 26.5 Å². The molecule has 0 radical (unpaired) electrons. The fourth-order valence-corrected chi connectivity index (χ4v) is 2.70. The van der Waals surface area contributed by atoms with Gasteiger partial charge in [0.1, 0.15) is 6.29 Å². The van der Waals surface area contributed by atoms with Gasteiger partial charge in [0.2, 0.25) is 0 Å². The summed E-state index contributed by atoms with van der Waals surface area (Å²) in [4.78, 5) is 26.9. The number of carbonyl (C=O) groups is 2. The molecular weight excluding hydrogens is 337 g/mol. The van der Waals surface area contributed by atoms with Crippen LogP contribution in [0, 0.1) is 0 Å². The normalized spacial score (nSPS) is 10.9. The highest BCUT2D eigenvalue weighted by molar-refractivity contribution is 6.42. The Morgan fingerprint density at radius 3 is 2.61 bits per heavy atom. The van der Waals surface area contributed by atoms with E-state index < -0.39 is 5.91 Å². The standard InChI is InChI=1S/C16H11Cl2N3O2/c17-11-3-1-9(5-12(11)18)7-21-14-6-10(8-22)2-4-13(14)20-16(21)15(19)23/h1-6,8H,7H2,(H2,19,23).